The molecular weight excluding hydrogens is 441 g/mol. The molecule has 0 saturated carbocycles. The fraction of sp³-hybridized carbons (Fsp3) is 0.143. The van der Waals surface area contributed by atoms with E-state index in [2.05, 4.69) is 26.2 Å². The van der Waals surface area contributed by atoms with Gasteiger partial charge in [0.25, 0.3) is 5.91 Å². The lowest BCUT2D eigenvalue weighted by Gasteiger charge is -2.06. The van der Waals surface area contributed by atoms with Crippen molar-refractivity contribution < 1.29 is 22.9 Å². The van der Waals surface area contributed by atoms with E-state index in [0.29, 0.717) is 4.40 Å². The third-order valence-corrected chi connectivity index (χ3v) is 4.67. The summed E-state index contributed by atoms with van der Waals surface area (Å²) in [4.78, 5) is 27.1. The third-order valence-electron chi connectivity index (χ3n) is 3.36. The fourth-order valence-electron chi connectivity index (χ4n) is 2.30. The van der Waals surface area contributed by atoms with Gasteiger partial charge in [-0.1, -0.05) is 6.07 Å². The Bertz CT molecular complexity index is 1000. The molecule has 0 aromatic carbocycles. The van der Waals surface area contributed by atoms with Crippen molar-refractivity contribution in [2.75, 3.05) is 0 Å². The zero-order valence-electron chi connectivity index (χ0n) is 12.6. The van der Waals surface area contributed by atoms with Crippen molar-refractivity contribution in [1.82, 2.24) is 14.7 Å². The van der Waals surface area contributed by atoms with E-state index in [9.17, 15) is 28.1 Å². The van der Waals surface area contributed by atoms with Gasteiger partial charge in [0, 0.05) is 4.88 Å². The predicted octanol–water partition coefficient (Wildman–Crippen LogP) is 4.02. The summed E-state index contributed by atoms with van der Waals surface area (Å²) >= 11 is 4.25. The van der Waals surface area contributed by atoms with Crippen molar-refractivity contribution in [3.63, 3.8) is 0 Å². The van der Waals surface area contributed by atoms with Gasteiger partial charge in [0.1, 0.15) is 11.8 Å². The van der Waals surface area contributed by atoms with Gasteiger partial charge in [-0.2, -0.15) is 22.6 Å². The van der Waals surface area contributed by atoms with Crippen LogP contribution in [-0.2, 0) is 12.7 Å². The van der Waals surface area contributed by atoms with E-state index in [4.69, 9.17) is 0 Å². The highest BCUT2D eigenvalue weighted by Gasteiger charge is 2.39. The lowest BCUT2D eigenvalue weighted by Crippen LogP contribution is -2.23. The summed E-state index contributed by atoms with van der Waals surface area (Å²) in [5.41, 5.74) is -2.59. The number of nitro groups is 1. The van der Waals surface area contributed by atoms with E-state index in [1.54, 1.807) is 17.5 Å². The van der Waals surface area contributed by atoms with Gasteiger partial charge in [0.05, 0.1) is 11.0 Å². The average molecular weight is 449 g/mol. The van der Waals surface area contributed by atoms with Crippen molar-refractivity contribution in [1.29, 1.82) is 0 Å². The number of nitrogens with one attached hydrogen (secondary N) is 1. The van der Waals surface area contributed by atoms with E-state index in [1.807, 2.05) is 0 Å². The number of hydrogen-bond donors (Lipinski definition) is 1. The van der Waals surface area contributed by atoms with Gasteiger partial charge in [-0.3, -0.25) is 4.79 Å². The minimum atomic E-state index is -4.80. The minimum absolute atomic E-state index is 0.0385. The monoisotopic (exact) mass is 448 g/mol. The van der Waals surface area contributed by atoms with E-state index in [1.165, 1.54) is 11.3 Å². The smallest absolute Gasteiger partial charge is 0.358 e. The summed E-state index contributed by atoms with van der Waals surface area (Å²) in [6.07, 6.45) is -3.74. The molecule has 3 rings (SSSR count). The normalized spacial score (nSPS) is 11.7. The summed E-state index contributed by atoms with van der Waals surface area (Å²) in [7, 11) is 0. The second kappa shape index (κ2) is 6.68. The van der Waals surface area contributed by atoms with Crippen LogP contribution in [0.5, 0.6) is 0 Å². The fourth-order valence-corrected chi connectivity index (χ4v) is 3.38. The Kier molecular flexibility index (Phi) is 4.71. The molecule has 0 spiro atoms. The van der Waals surface area contributed by atoms with Gasteiger partial charge in [0.2, 0.25) is 11.3 Å². The molecule has 7 nitrogen and oxygen atoms in total. The molecule has 136 valence electrons. The molecule has 0 atom stereocenters. The first-order chi connectivity index (χ1) is 12.2. The number of amides is 1. The summed E-state index contributed by atoms with van der Waals surface area (Å²) in [5.74, 6) is -1.77. The molecule has 0 aliphatic carbocycles. The highest BCUT2D eigenvalue weighted by Crippen LogP contribution is 2.36. The molecule has 0 aliphatic rings. The number of pyridine rings is 1. The van der Waals surface area contributed by atoms with Crippen molar-refractivity contribution in [2.24, 2.45) is 0 Å². The lowest BCUT2D eigenvalue weighted by molar-refractivity contribution is -0.390. The van der Waals surface area contributed by atoms with Crippen molar-refractivity contribution in [3.8, 4) is 0 Å². The Labute approximate surface area is 155 Å². The summed E-state index contributed by atoms with van der Waals surface area (Å²) in [5, 5.41) is 15.6. The van der Waals surface area contributed by atoms with Crippen LogP contribution in [0, 0.1) is 10.1 Å². The Morgan fingerprint density at radius 2 is 2.19 bits per heavy atom. The predicted molar refractivity (Wildman–Crippen MR) is 90.0 cm³/mol. The topological polar surface area (TPSA) is 89.5 Å². The Morgan fingerprint density at radius 1 is 1.46 bits per heavy atom. The van der Waals surface area contributed by atoms with Gasteiger partial charge in [0.15, 0.2) is 0 Å². The molecule has 0 bridgehead atoms. The maximum atomic E-state index is 13.2. The number of hydrogen-bond acceptors (Lipinski definition) is 5. The summed E-state index contributed by atoms with van der Waals surface area (Å²) in [6.45, 7) is 0.0807. The number of alkyl halides is 3. The van der Waals surface area contributed by atoms with E-state index in [-0.39, 0.29) is 11.0 Å². The van der Waals surface area contributed by atoms with Crippen LogP contribution in [0.25, 0.3) is 5.65 Å². The number of fused-ring (bicyclic) bond motifs is 1. The second-order valence-electron chi connectivity index (χ2n) is 5.07. The van der Waals surface area contributed by atoms with Gasteiger partial charge >= 0.3 is 12.0 Å². The van der Waals surface area contributed by atoms with Gasteiger partial charge < -0.3 is 15.4 Å². The zero-order valence-corrected chi connectivity index (χ0v) is 15.0. The zero-order chi connectivity index (χ0) is 19.1. The standard InChI is InChI=1S/C14H8BrF3N4O3S/c15-7-4-9(14(16,17)18)11-20-10(13(22(24)25)21(11)6-7)12(23)19-5-8-2-1-3-26-8/h1-4,6H,5H2,(H,19,23). The van der Waals surface area contributed by atoms with E-state index in [0.717, 1.165) is 17.1 Å². The Morgan fingerprint density at radius 3 is 2.77 bits per heavy atom. The Hall–Kier alpha value is -2.47. The molecule has 0 aliphatic heterocycles. The number of nitrogens with zero attached hydrogens (tertiary/aromatic N) is 3. The average Bonchev–Trinajstić information content (AvgIpc) is 3.17. The quantitative estimate of drug-likeness (QED) is 0.482. The largest absolute Gasteiger partial charge is 0.422 e. The highest BCUT2D eigenvalue weighted by atomic mass is 79.9. The van der Waals surface area contributed by atoms with Crippen molar-refractivity contribution >= 4 is 44.6 Å². The van der Waals surface area contributed by atoms with Gasteiger partial charge in [-0.25, -0.2) is 0 Å². The molecule has 3 aromatic rings. The first kappa shape index (κ1) is 18.3. The van der Waals surface area contributed by atoms with Gasteiger partial charge in [-0.05, 0) is 38.4 Å². The number of carbonyl (C=O) groups is 1. The lowest BCUT2D eigenvalue weighted by atomic mass is 10.2. The first-order valence-corrected chi connectivity index (χ1v) is 8.59. The van der Waals surface area contributed by atoms with E-state index < -0.39 is 39.7 Å². The minimum Gasteiger partial charge on any atom is -0.358 e. The molecule has 0 saturated heterocycles. The van der Waals surface area contributed by atoms with Crippen molar-refractivity contribution in [3.05, 3.63) is 60.5 Å². The number of thiophene rings is 1. The van der Waals surface area contributed by atoms with Crippen LogP contribution in [0.15, 0.2) is 34.2 Å². The Balaban J connectivity index is 2.11. The van der Waals surface area contributed by atoms with Crippen LogP contribution in [0.3, 0.4) is 0 Å². The SMILES string of the molecule is O=C(NCc1cccs1)c1nc2c(C(F)(F)F)cc(Br)cn2c1[N+](=O)[O-]. The number of aromatic nitrogens is 2. The van der Waals surface area contributed by atoms with Crippen molar-refractivity contribution in [2.45, 2.75) is 12.7 Å². The highest BCUT2D eigenvalue weighted by molar-refractivity contribution is 9.10. The number of halogens is 4. The van der Waals surface area contributed by atoms with Gasteiger partial charge in [-0.15, -0.1) is 11.3 Å². The molecule has 3 heterocycles. The van der Waals surface area contributed by atoms with Crippen LogP contribution in [0.4, 0.5) is 19.0 Å². The molecule has 0 unspecified atom stereocenters. The van der Waals surface area contributed by atoms with Crippen LogP contribution in [0.1, 0.15) is 20.9 Å². The molecule has 0 radical (unpaired) electrons. The molecule has 26 heavy (non-hydrogen) atoms. The molecular formula is C14H8BrF3N4O3S. The summed E-state index contributed by atoms with van der Waals surface area (Å²) in [6, 6.07) is 4.24. The third kappa shape index (κ3) is 3.42. The molecule has 12 heteroatoms. The summed E-state index contributed by atoms with van der Waals surface area (Å²) < 4.78 is 40.3. The molecule has 3 aromatic heterocycles. The second-order valence-corrected chi connectivity index (χ2v) is 7.01. The van der Waals surface area contributed by atoms with Crippen LogP contribution in [0.2, 0.25) is 0 Å². The van der Waals surface area contributed by atoms with Crippen LogP contribution >= 0.6 is 27.3 Å². The maximum absolute atomic E-state index is 13.2. The first-order valence-electron chi connectivity index (χ1n) is 6.92. The number of imidazole rings is 1. The molecule has 0 fully saturated rings. The number of rotatable bonds is 4. The van der Waals surface area contributed by atoms with Crippen LogP contribution in [-0.4, -0.2) is 20.2 Å². The molecule has 1 N–H and O–H groups in total. The maximum Gasteiger partial charge on any atom is 0.422 e. The number of carbonyl (C=O) groups excluding carboxylic acids is 1. The molecule has 1 amide bonds. The van der Waals surface area contributed by atoms with Crippen LogP contribution < -0.4 is 5.32 Å². The van der Waals surface area contributed by atoms with E-state index >= 15 is 0 Å².